The summed E-state index contributed by atoms with van der Waals surface area (Å²) in [6, 6.07) is 0. The van der Waals surface area contributed by atoms with Crippen molar-refractivity contribution in [2.75, 3.05) is 6.61 Å². The summed E-state index contributed by atoms with van der Waals surface area (Å²) in [5.74, 6) is 0.147. The number of aliphatic hydroxyl groups is 1. The van der Waals surface area contributed by atoms with Crippen LogP contribution >= 0.6 is 0 Å². The van der Waals surface area contributed by atoms with Gasteiger partial charge in [0.15, 0.2) is 5.78 Å². The number of rotatable bonds is 8. The molecule has 0 aliphatic rings. The predicted molar refractivity (Wildman–Crippen MR) is 72.9 cm³/mol. The van der Waals surface area contributed by atoms with Crippen LogP contribution in [0.5, 0.6) is 0 Å². The van der Waals surface area contributed by atoms with Crippen LogP contribution in [0.1, 0.15) is 46.5 Å². The maximum absolute atomic E-state index is 11.4. The molecule has 1 N–H and O–H groups in total. The van der Waals surface area contributed by atoms with Crippen LogP contribution in [0.15, 0.2) is 35.5 Å². The average molecular weight is 236 g/mol. The minimum absolute atomic E-state index is 0.113. The molecule has 0 rings (SSSR count). The summed E-state index contributed by atoms with van der Waals surface area (Å²) in [5, 5.41) is 8.70. The normalized spacial score (nSPS) is 12.7. The lowest BCUT2D eigenvalue weighted by Crippen LogP contribution is -1.98. The number of ketones is 1. The van der Waals surface area contributed by atoms with Crippen molar-refractivity contribution in [1.82, 2.24) is 0 Å². The van der Waals surface area contributed by atoms with Crippen LogP contribution in [-0.2, 0) is 4.79 Å². The van der Waals surface area contributed by atoms with Crippen LogP contribution in [0.3, 0.4) is 0 Å². The van der Waals surface area contributed by atoms with E-state index in [1.54, 1.807) is 6.92 Å². The zero-order valence-corrected chi connectivity index (χ0v) is 11.3. The maximum Gasteiger partial charge on any atom is 0.158 e. The Kier molecular flexibility index (Phi) is 8.34. The molecule has 0 aromatic rings. The largest absolute Gasteiger partial charge is 0.392 e. The van der Waals surface area contributed by atoms with E-state index in [0.717, 1.165) is 19.3 Å². The zero-order valence-electron chi connectivity index (χ0n) is 11.3. The lowest BCUT2D eigenvalue weighted by atomic mass is 10.0. The second kappa shape index (κ2) is 8.94. The predicted octanol–water partition coefficient (Wildman–Crippen LogP) is 3.58. The summed E-state index contributed by atoms with van der Waals surface area (Å²) < 4.78 is 0. The summed E-state index contributed by atoms with van der Waals surface area (Å²) in [4.78, 5) is 11.4. The Hall–Kier alpha value is -1.15. The van der Waals surface area contributed by atoms with Crippen molar-refractivity contribution in [3.05, 3.63) is 35.5 Å². The van der Waals surface area contributed by atoms with Gasteiger partial charge >= 0.3 is 0 Å². The van der Waals surface area contributed by atoms with E-state index in [-0.39, 0.29) is 12.4 Å². The molecular weight excluding hydrogens is 212 g/mol. The molecule has 0 aromatic heterocycles. The Morgan fingerprint density at radius 2 is 1.65 bits per heavy atom. The summed E-state index contributed by atoms with van der Waals surface area (Å²) >= 11 is 0. The third-order valence-corrected chi connectivity index (χ3v) is 2.69. The second-order valence-electron chi connectivity index (χ2n) is 4.53. The highest BCUT2D eigenvalue weighted by molar-refractivity contribution is 5.94. The molecule has 0 amide bonds. The van der Waals surface area contributed by atoms with E-state index in [0.29, 0.717) is 12.0 Å². The molecule has 0 heterocycles. The molecule has 0 aliphatic carbocycles. The second-order valence-corrected chi connectivity index (χ2v) is 4.53. The van der Waals surface area contributed by atoms with Crippen molar-refractivity contribution in [1.29, 1.82) is 0 Å². The lowest BCUT2D eigenvalue weighted by Gasteiger charge is -2.02. The lowest BCUT2D eigenvalue weighted by molar-refractivity contribution is -0.115. The van der Waals surface area contributed by atoms with E-state index in [2.05, 4.69) is 19.6 Å². The van der Waals surface area contributed by atoms with Gasteiger partial charge in [-0.2, -0.15) is 0 Å². The molecule has 0 aliphatic heterocycles. The van der Waals surface area contributed by atoms with Crippen LogP contribution < -0.4 is 0 Å². The quantitative estimate of drug-likeness (QED) is 0.516. The van der Waals surface area contributed by atoms with Gasteiger partial charge < -0.3 is 5.11 Å². The van der Waals surface area contributed by atoms with Crippen molar-refractivity contribution in [2.45, 2.75) is 46.5 Å². The monoisotopic (exact) mass is 236 g/mol. The van der Waals surface area contributed by atoms with Crippen LogP contribution in [-0.4, -0.2) is 17.5 Å². The molecule has 0 bridgehead atoms. The highest BCUT2D eigenvalue weighted by Crippen LogP contribution is 2.11. The Balaban J connectivity index is 3.91. The highest BCUT2D eigenvalue weighted by Gasteiger charge is 2.02. The first-order valence-electron chi connectivity index (χ1n) is 6.08. The van der Waals surface area contributed by atoms with Gasteiger partial charge in [-0.1, -0.05) is 29.9 Å². The first kappa shape index (κ1) is 15.9. The van der Waals surface area contributed by atoms with Crippen LogP contribution in [0.2, 0.25) is 0 Å². The summed E-state index contributed by atoms with van der Waals surface area (Å²) in [6.45, 7) is 9.58. The Morgan fingerprint density at radius 1 is 1.06 bits per heavy atom. The minimum atomic E-state index is 0.113. The van der Waals surface area contributed by atoms with E-state index in [1.807, 2.05) is 13.0 Å². The van der Waals surface area contributed by atoms with Gasteiger partial charge in [0, 0.05) is 6.42 Å². The van der Waals surface area contributed by atoms with E-state index < -0.39 is 0 Å². The Bertz CT molecular complexity index is 322. The Morgan fingerprint density at radius 3 is 2.18 bits per heavy atom. The third kappa shape index (κ3) is 8.64. The molecule has 0 spiro atoms. The molecule has 0 saturated carbocycles. The molecule has 0 radical (unpaired) electrons. The molecule has 2 nitrogen and oxygen atoms in total. The van der Waals surface area contributed by atoms with Gasteiger partial charge in [0.2, 0.25) is 0 Å². The maximum atomic E-state index is 11.4. The number of hydrogen-bond donors (Lipinski definition) is 1. The standard InChI is InChI=1S/C15H24O2/c1-12(2)15(17)9-8-13(3)6-5-7-14(4)10-11-16/h6,10,16H,1,5,7-9,11H2,2-4H3/b13-6+,14-10+. The molecule has 0 fully saturated rings. The Labute approximate surface area is 105 Å². The topological polar surface area (TPSA) is 37.3 Å². The number of hydrogen-bond acceptors (Lipinski definition) is 2. The molecule has 0 saturated heterocycles. The van der Waals surface area contributed by atoms with Gasteiger partial charge in [0.05, 0.1) is 6.61 Å². The van der Waals surface area contributed by atoms with E-state index in [1.165, 1.54) is 11.1 Å². The fraction of sp³-hybridized carbons (Fsp3) is 0.533. The van der Waals surface area contributed by atoms with Gasteiger partial charge in [-0.25, -0.2) is 0 Å². The minimum Gasteiger partial charge on any atom is -0.392 e. The molecule has 96 valence electrons. The number of Topliss-reactive ketones (excluding diaryl/α,β-unsaturated/α-hetero) is 1. The molecule has 0 unspecified atom stereocenters. The zero-order chi connectivity index (χ0) is 13.3. The fourth-order valence-corrected chi connectivity index (χ4v) is 1.43. The number of carbonyl (C=O) groups is 1. The van der Waals surface area contributed by atoms with Crippen LogP contribution in [0, 0.1) is 0 Å². The third-order valence-electron chi connectivity index (χ3n) is 2.69. The van der Waals surface area contributed by atoms with Gasteiger partial charge in [-0.15, -0.1) is 0 Å². The molecule has 2 heteroatoms. The number of carbonyl (C=O) groups excluding carboxylic acids is 1. The van der Waals surface area contributed by atoms with Crippen molar-refractivity contribution in [3.63, 3.8) is 0 Å². The molecular formula is C15H24O2. The highest BCUT2D eigenvalue weighted by atomic mass is 16.2. The SMILES string of the molecule is C=C(C)C(=O)CC/C(C)=C/CC/C(C)=C/CO. The fourth-order valence-electron chi connectivity index (χ4n) is 1.43. The average Bonchev–Trinajstić information content (AvgIpc) is 2.26. The van der Waals surface area contributed by atoms with Crippen LogP contribution in [0.25, 0.3) is 0 Å². The van der Waals surface area contributed by atoms with Crippen molar-refractivity contribution < 1.29 is 9.90 Å². The summed E-state index contributed by atoms with van der Waals surface area (Å²) in [5.41, 5.74) is 3.09. The summed E-state index contributed by atoms with van der Waals surface area (Å²) in [6.07, 6.45) is 7.30. The molecule has 0 aromatic carbocycles. The first-order chi connectivity index (χ1) is 7.97. The van der Waals surface area contributed by atoms with Gasteiger partial charge in [0.25, 0.3) is 0 Å². The van der Waals surface area contributed by atoms with E-state index >= 15 is 0 Å². The van der Waals surface area contributed by atoms with Gasteiger partial charge in [-0.05, 0) is 45.6 Å². The van der Waals surface area contributed by atoms with Gasteiger partial charge in [-0.3, -0.25) is 4.79 Å². The van der Waals surface area contributed by atoms with Crippen LogP contribution in [0.4, 0.5) is 0 Å². The van der Waals surface area contributed by atoms with E-state index in [9.17, 15) is 4.79 Å². The van der Waals surface area contributed by atoms with Gasteiger partial charge in [0.1, 0.15) is 0 Å². The number of aliphatic hydroxyl groups excluding tert-OH is 1. The number of allylic oxidation sites excluding steroid dienone is 4. The summed E-state index contributed by atoms with van der Waals surface area (Å²) in [7, 11) is 0. The smallest absolute Gasteiger partial charge is 0.158 e. The molecule has 0 atom stereocenters. The molecule has 17 heavy (non-hydrogen) atoms. The first-order valence-corrected chi connectivity index (χ1v) is 6.08. The van der Waals surface area contributed by atoms with E-state index in [4.69, 9.17) is 5.11 Å². The van der Waals surface area contributed by atoms with Crippen molar-refractivity contribution in [3.8, 4) is 0 Å². The van der Waals surface area contributed by atoms with Crippen molar-refractivity contribution >= 4 is 5.78 Å². The van der Waals surface area contributed by atoms with Crippen molar-refractivity contribution in [2.24, 2.45) is 0 Å².